The van der Waals surface area contributed by atoms with Crippen molar-refractivity contribution in [3.63, 3.8) is 0 Å². The number of carboxylic acid groups (broad SMARTS) is 3. The van der Waals surface area contributed by atoms with Crippen molar-refractivity contribution in [1.82, 2.24) is 20.9 Å². The Labute approximate surface area is 204 Å². The minimum absolute atomic E-state index is 0.00831. The number of hydrogen-bond acceptors (Lipinski definition) is 7. The first-order chi connectivity index (χ1) is 17.0. The normalized spacial score (nSPS) is 13.2. The number of aromatic amines is 1. The van der Waals surface area contributed by atoms with Crippen molar-refractivity contribution in [3.8, 4) is 0 Å². The van der Waals surface area contributed by atoms with Crippen molar-refractivity contribution in [1.29, 1.82) is 0 Å². The van der Waals surface area contributed by atoms with Crippen LogP contribution in [0.3, 0.4) is 0 Å². The van der Waals surface area contributed by atoms with Crippen LogP contribution in [0, 0.1) is 0 Å². The van der Waals surface area contributed by atoms with Gasteiger partial charge in [0.2, 0.25) is 17.7 Å². The molecule has 0 saturated carbocycles. The van der Waals surface area contributed by atoms with E-state index < -0.39 is 79.6 Å². The smallest absolute Gasteiger partial charge is 0.326 e. The van der Waals surface area contributed by atoms with Gasteiger partial charge in [-0.3, -0.25) is 24.0 Å². The Balaban J connectivity index is 2.26. The Kier molecular flexibility index (Phi) is 9.92. The van der Waals surface area contributed by atoms with Gasteiger partial charge in [0.1, 0.15) is 18.1 Å². The molecule has 14 nitrogen and oxygen atoms in total. The number of H-pyrrole nitrogens is 1. The first kappa shape index (κ1) is 27.8. The highest BCUT2D eigenvalue weighted by molar-refractivity contribution is 5.95. The van der Waals surface area contributed by atoms with Gasteiger partial charge in [0.15, 0.2) is 0 Å². The molecule has 194 valence electrons. The van der Waals surface area contributed by atoms with Crippen LogP contribution in [-0.2, 0) is 35.2 Å². The van der Waals surface area contributed by atoms with Gasteiger partial charge < -0.3 is 42.0 Å². The molecule has 0 saturated heterocycles. The van der Waals surface area contributed by atoms with Gasteiger partial charge in [-0.1, -0.05) is 18.2 Å². The van der Waals surface area contributed by atoms with E-state index in [0.717, 1.165) is 10.9 Å². The number of aromatic nitrogens is 1. The molecule has 0 aliphatic rings. The van der Waals surface area contributed by atoms with Crippen molar-refractivity contribution in [2.45, 2.75) is 43.8 Å². The van der Waals surface area contributed by atoms with Crippen LogP contribution < -0.4 is 21.7 Å². The first-order valence-electron chi connectivity index (χ1n) is 10.8. The van der Waals surface area contributed by atoms with E-state index in [2.05, 4.69) is 15.6 Å². The molecule has 3 atom stereocenters. The second kappa shape index (κ2) is 12.9. The van der Waals surface area contributed by atoms with Gasteiger partial charge in [-0.25, -0.2) is 4.79 Å². The van der Waals surface area contributed by atoms with Crippen LogP contribution in [-0.4, -0.2) is 80.6 Å². The van der Waals surface area contributed by atoms with E-state index in [4.69, 9.17) is 15.9 Å². The summed E-state index contributed by atoms with van der Waals surface area (Å²) >= 11 is 0. The van der Waals surface area contributed by atoms with Crippen molar-refractivity contribution >= 4 is 46.5 Å². The zero-order valence-electron chi connectivity index (χ0n) is 19.0. The third-order valence-corrected chi connectivity index (χ3v) is 5.21. The third-order valence-electron chi connectivity index (χ3n) is 5.21. The maximum absolute atomic E-state index is 13.1. The standard InChI is InChI=1S/C22H27N5O9/c23-9-17(28)25-15(7-11-10-24-13-4-2-1-3-12(11)13)21(34)26-14(5-6-18(29)30)20(33)27-16(22(35)36)8-19(31)32/h1-4,10,14-16,24H,5-9,23H2,(H,25,28)(H,26,34)(H,27,33)(H,29,30)(H,31,32)(H,35,36). The Bertz CT molecular complexity index is 1150. The SMILES string of the molecule is NCC(=O)NC(Cc1c[nH]c2ccccc12)C(=O)NC(CCC(=O)O)C(=O)NC(CC(=O)O)C(=O)O. The zero-order chi connectivity index (χ0) is 26.8. The molecule has 1 aromatic carbocycles. The Morgan fingerprint density at radius 1 is 0.861 bits per heavy atom. The third kappa shape index (κ3) is 8.09. The molecule has 0 bridgehead atoms. The fraction of sp³-hybridized carbons (Fsp3) is 0.364. The molecular weight excluding hydrogens is 478 g/mol. The van der Waals surface area contributed by atoms with Crippen molar-refractivity contribution < 1.29 is 44.1 Å². The molecule has 3 unspecified atom stereocenters. The average Bonchev–Trinajstić information content (AvgIpc) is 3.22. The highest BCUT2D eigenvalue weighted by Crippen LogP contribution is 2.19. The number of nitrogens with two attached hydrogens (primary N) is 1. The molecular formula is C22H27N5O9. The lowest BCUT2D eigenvalue weighted by atomic mass is 10.0. The molecule has 14 heteroatoms. The van der Waals surface area contributed by atoms with E-state index in [9.17, 15) is 33.9 Å². The largest absolute Gasteiger partial charge is 0.481 e. The summed E-state index contributed by atoms with van der Waals surface area (Å²) < 4.78 is 0. The summed E-state index contributed by atoms with van der Waals surface area (Å²) in [5, 5.41) is 34.6. The zero-order valence-corrected chi connectivity index (χ0v) is 19.0. The molecule has 0 aliphatic carbocycles. The fourth-order valence-corrected chi connectivity index (χ4v) is 3.44. The quantitative estimate of drug-likeness (QED) is 0.148. The van der Waals surface area contributed by atoms with Crippen molar-refractivity contribution in [2.75, 3.05) is 6.54 Å². The van der Waals surface area contributed by atoms with Gasteiger partial charge in [-0.2, -0.15) is 0 Å². The number of carbonyl (C=O) groups excluding carboxylic acids is 3. The number of carbonyl (C=O) groups is 6. The van der Waals surface area contributed by atoms with E-state index >= 15 is 0 Å². The summed E-state index contributed by atoms with van der Waals surface area (Å²) in [5.74, 6) is -6.99. The summed E-state index contributed by atoms with van der Waals surface area (Å²) in [4.78, 5) is 74.1. The lowest BCUT2D eigenvalue weighted by Gasteiger charge is -2.24. The van der Waals surface area contributed by atoms with E-state index in [1.165, 1.54) is 0 Å². The molecule has 1 heterocycles. The Morgan fingerprint density at radius 3 is 2.11 bits per heavy atom. The molecule has 0 radical (unpaired) electrons. The van der Waals surface area contributed by atoms with E-state index in [1.807, 2.05) is 17.4 Å². The van der Waals surface area contributed by atoms with Crippen LogP contribution in [0.4, 0.5) is 0 Å². The number of para-hydroxylation sites is 1. The summed E-state index contributed by atoms with van der Waals surface area (Å²) in [6.45, 7) is -0.421. The van der Waals surface area contributed by atoms with Crippen LogP contribution in [0.1, 0.15) is 24.8 Å². The lowest BCUT2D eigenvalue weighted by molar-refractivity contribution is -0.147. The van der Waals surface area contributed by atoms with Gasteiger partial charge in [0.25, 0.3) is 0 Å². The minimum atomic E-state index is -1.81. The Morgan fingerprint density at radius 2 is 1.50 bits per heavy atom. The maximum atomic E-state index is 13.1. The molecule has 1 aromatic heterocycles. The van der Waals surface area contributed by atoms with Gasteiger partial charge >= 0.3 is 17.9 Å². The van der Waals surface area contributed by atoms with Crippen LogP contribution in [0.5, 0.6) is 0 Å². The summed E-state index contributed by atoms with van der Waals surface area (Å²) in [7, 11) is 0. The van der Waals surface area contributed by atoms with E-state index in [1.54, 1.807) is 18.3 Å². The lowest BCUT2D eigenvalue weighted by Crippen LogP contribution is -2.57. The van der Waals surface area contributed by atoms with Crippen molar-refractivity contribution in [2.24, 2.45) is 5.73 Å². The van der Waals surface area contributed by atoms with Gasteiger partial charge in [-0.15, -0.1) is 0 Å². The molecule has 2 aromatic rings. The first-order valence-corrected chi connectivity index (χ1v) is 10.8. The van der Waals surface area contributed by atoms with Gasteiger partial charge in [0.05, 0.1) is 13.0 Å². The molecule has 0 spiro atoms. The van der Waals surface area contributed by atoms with E-state index in [0.29, 0.717) is 5.56 Å². The minimum Gasteiger partial charge on any atom is -0.481 e. The number of amides is 3. The number of nitrogens with one attached hydrogen (secondary N) is 4. The predicted molar refractivity (Wildman–Crippen MR) is 124 cm³/mol. The van der Waals surface area contributed by atoms with E-state index in [-0.39, 0.29) is 6.42 Å². The molecule has 0 fully saturated rings. The number of carboxylic acids is 3. The highest BCUT2D eigenvalue weighted by Gasteiger charge is 2.31. The monoisotopic (exact) mass is 505 g/mol. The number of benzene rings is 1. The average molecular weight is 505 g/mol. The number of aliphatic carboxylic acids is 3. The maximum Gasteiger partial charge on any atom is 0.326 e. The number of rotatable bonds is 14. The second-order valence-electron chi connectivity index (χ2n) is 7.88. The summed E-state index contributed by atoms with van der Waals surface area (Å²) in [5.41, 5.74) is 6.81. The van der Waals surface area contributed by atoms with Crippen LogP contribution in [0.2, 0.25) is 0 Å². The molecule has 9 N–H and O–H groups in total. The molecule has 2 rings (SSSR count). The van der Waals surface area contributed by atoms with Crippen LogP contribution in [0.15, 0.2) is 30.5 Å². The summed E-state index contributed by atoms with van der Waals surface area (Å²) in [6, 6.07) is 2.67. The van der Waals surface area contributed by atoms with Crippen LogP contribution >= 0.6 is 0 Å². The molecule has 3 amide bonds. The molecule has 0 aliphatic heterocycles. The van der Waals surface area contributed by atoms with Crippen molar-refractivity contribution in [3.05, 3.63) is 36.0 Å². The molecule has 36 heavy (non-hydrogen) atoms. The fourth-order valence-electron chi connectivity index (χ4n) is 3.44. The Hall–Kier alpha value is -4.46. The predicted octanol–water partition coefficient (Wildman–Crippen LogP) is -1.45. The van der Waals surface area contributed by atoms with Crippen LogP contribution in [0.25, 0.3) is 10.9 Å². The van der Waals surface area contributed by atoms with Gasteiger partial charge in [-0.05, 0) is 18.1 Å². The number of hydrogen-bond donors (Lipinski definition) is 8. The highest BCUT2D eigenvalue weighted by atomic mass is 16.4. The second-order valence-corrected chi connectivity index (χ2v) is 7.88. The number of fused-ring (bicyclic) bond motifs is 1. The summed E-state index contributed by atoms with van der Waals surface area (Å²) in [6.07, 6.45) is -0.270. The topological polar surface area (TPSA) is 241 Å². The van der Waals surface area contributed by atoms with Gasteiger partial charge in [0, 0.05) is 29.9 Å².